The molecule has 0 spiro atoms. The van der Waals surface area contributed by atoms with E-state index in [0.29, 0.717) is 11.5 Å². The molecule has 0 bridgehead atoms. The Morgan fingerprint density at radius 1 is 1.08 bits per heavy atom. The average molecular weight is 349 g/mol. The number of nitrogens with one attached hydrogen (secondary N) is 1. The Hall–Kier alpha value is -2.38. The van der Waals surface area contributed by atoms with Gasteiger partial charge in [-0.2, -0.15) is 4.72 Å². The Bertz CT molecular complexity index is 800. The van der Waals surface area contributed by atoms with Gasteiger partial charge in [-0.25, -0.2) is 8.42 Å². The number of carbonyl (C=O) groups is 1. The van der Waals surface area contributed by atoms with E-state index >= 15 is 0 Å². The van der Waals surface area contributed by atoms with Crippen LogP contribution in [0.25, 0.3) is 0 Å². The molecule has 128 valence electrons. The van der Waals surface area contributed by atoms with Crippen LogP contribution in [0.2, 0.25) is 0 Å². The minimum atomic E-state index is -3.79. The predicted molar refractivity (Wildman–Crippen MR) is 89.6 cm³/mol. The van der Waals surface area contributed by atoms with Crippen LogP contribution < -0.4 is 14.2 Å². The van der Waals surface area contributed by atoms with E-state index in [1.807, 2.05) is 13.0 Å². The second-order valence-corrected chi connectivity index (χ2v) is 6.74. The van der Waals surface area contributed by atoms with Gasteiger partial charge in [0.2, 0.25) is 10.0 Å². The van der Waals surface area contributed by atoms with Crippen molar-refractivity contribution in [2.75, 3.05) is 13.7 Å². The normalized spacial score (nSPS) is 11.1. The average Bonchev–Trinajstić information content (AvgIpc) is 2.60. The summed E-state index contributed by atoms with van der Waals surface area (Å²) < 4.78 is 36.6. The van der Waals surface area contributed by atoms with E-state index in [1.165, 1.54) is 31.4 Å². The Balaban J connectivity index is 1.96. The molecule has 0 aromatic heterocycles. The molecule has 0 aliphatic heterocycles. The van der Waals surface area contributed by atoms with Gasteiger partial charge >= 0.3 is 5.97 Å². The summed E-state index contributed by atoms with van der Waals surface area (Å²) in [7, 11) is -2.30. The molecule has 0 aliphatic carbocycles. The number of esters is 1. The summed E-state index contributed by atoms with van der Waals surface area (Å²) in [5.74, 6) is 0.257. The van der Waals surface area contributed by atoms with Crippen molar-refractivity contribution in [3.63, 3.8) is 0 Å². The first-order chi connectivity index (χ1) is 11.4. The SMILES string of the molecule is CCc1cccc(OC(=O)CNS(=O)(=O)c2ccc(OC)cc2)c1. The fourth-order valence-corrected chi connectivity index (χ4v) is 2.96. The van der Waals surface area contributed by atoms with Gasteiger partial charge in [0.15, 0.2) is 0 Å². The molecule has 0 radical (unpaired) electrons. The van der Waals surface area contributed by atoms with Crippen molar-refractivity contribution in [1.82, 2.24) is 4.72 Å². The highest BCUT2D eigenvalue weighted by Crippen LogP contribution is 2.16. The van der Waals surface area contributed by atoms with Gasteiger partial charge < -0.3 is 9.47 Å². The van der Waals surface area contributed by atoms with E-state index in [-0.39, 0.29) is 4.90 Å². The number of rotatable bonds is 7. The molecule has 24 heavy (non-hydrogen) atoms. The lowest BCUT2D eigenvalue weighted by Crippen LogP contribution is -2.31. The third-order valence-electron chi connectivity index (χ3n) is 3.31. The lowest BCUT2D eigenvalue weighted by Gasteiger charge is -2.08. The van der Waals surface area contributed by atoms with Crippen LogP contribution >= 0.6 is 0 Å². The molecule has 0 saturated carbocycles. The molecule has 0 saturated heterocycles. The van der Waals surface area contributed by atoms with Crippen LogP contribution in [0, 0.1) is 0 Å². The quantitative estimate of drug-likeness (QED) is 0.612. The predicted octanol–water partition coefficient (Wildman–Crippen LogP) is 2.14. The minimum Gasteiger partial charge on any atom is -0.497 e. The fraction of sp³-hybridized carbons (Fsp3) is 0.235. The van der Waals surface area contributed by atoms with Crippen LogP contribution in [0.5, 0.6) is 11.5 Å². The van der Waals surface area contributed by atoms with Gasteiger partial charge in [0.25, 0.3) is 0 Å². The third-order valence-corrected chi connectivity index (χ3v) is 4.73. The summed E-state index contributed by atoms with van der Waals surface area (Å²) in [6, 6.07) is 13.0. The second kappa shape index (κ2) is 7.94. The smallest absolute Gasteiger partial charge is 0.326 e. The highest BCUT2D eigenvalue weighted by Gasteiger charge is 2.16. The first-order valence-corrected chi connectivity index (χ1v) is 8.86. The number of hydrogen-bond acceptors (Lipinski definition) is 5. The molecule has 0 fully saturated rings. The molecule has 0 aliphatic rings. The van der Waals surface area contributed by atoms with Crippen molar-refractivity contribution in [3.05, 3.63) is 54.1 Å². The summed E-state index contributed by atoms with van der Waals surface area (Å²) in [4.78, 5) is 11.9. The number of sulfonamides is 1. The summed E-state index contributed by atoms with van der Waals surface area (Å²) in [6.45, 7) is 1.54. The third kappa shape index (κ3) is 4.81. The number of ether oxygens (including phenoxy) is 2. The maximum absolute atomic E-state index is 12.1. The van der Waals surface area contributed by atoms with Crippen LogP contribution in [0.1, 0.15) is 12.5 Å². The van der Waals surface area contributed by atoms with E-state index in [2.05, 4.69) is 4.72 Å². The van der Waals surface area contributed by atoms with Crippen molar-refractivity contribution in [1.29, 1.82) is 0 Å². The molecule has 0 heterocycles. The molecule has 2 aromatic carbocycles. The number of methoxy groups -OCH3 is 1. The van der Waals surface area contributed by atoms with Gasteiger partial charge in [-0.15, -0.1) is 0 Å². The lowest BCUT2D eigenvalue weighted by molar-refractivity contribution is -0.133. The molecular weight excluding hydrogens is 330 g/mol. The number of benzene rings is 2. The number of carbonyl (C=O) groups excluding carboxylic acids is 1. The highest BCUT2D eigenvalue weighted by atomic mass is 32.2. The van der Waals surface area contributed by atoms with Crippen LogP contribution in [0.15, 0.2) is 53.4 Å². The molecule has 2 rings (SSSR count). The van der Waals surface area contributed by atoms with Gasteiger partial charge in [-0.05, 0) is 48.4 Å². The van der Waals surface area contributed by atoms with Crippen molar-refractivity contribution in [2.24, 2.45) is 0 Å². The lowest BCUT2D eigenvalue weighted by atomic mass is 10.2. The highest BCUT2D eigenvalue weighted by molar-refractivity contribution is 7.89. The number of aryl methyl sites for hydroxylation is 1. The molecule has 0 atom stereocenters. The Kier molecular flexibility index (Phi) is 5.94. The molecule has 2 aromatic rings. The number of hydrogen-bond donors (Lipinski definition) is 1. The Morgan fingerprint density at radius 2 is 1.79 bits per heavy atom. The zero-order chi connectivity index (χ0) is 17.6. The van der Waals surface area contributed by atoms with Crippen LogP contribution in [0.3, 0.4) is 0 Å². The van der Waals surface area contributed by atoms with E-state index in [1.54, 1.807) is 18.2 Å². The monoisotopic (exact) mass is 349 g/mol. The molecule has 7 heteroatoms. The van der Waals surface area contributed by atoms with Crippen LogP contribution in [-0.2, 0) is 21.2 Å². The first-order valence-electron chi connectivity index (χ1n) is 7.38. The molecule has 0 unspecified atom stereocenters. The van der Waals surface area contributed by atoms with Gasteiger partial charge in [-0.1, -0.05) is 19.1 Å². The fourth-order valence-electron chi connectivity index (χ4n) is 1.99. The topological polar surface area (TPSA) is 81.7 Å². The molecular formula is C17H19NO5S. The minimum absolute atomic E-state index is 0.0454. The zero-order valence-electron chi connectivity index (χ0n) is 13.5. The molecule has 0 amide bonds. The first kappa shape index (κ1) is 18.0. The Morgan fingerprint density at radius 3 is 2.42 bits per heavy atom. The summed E-state index contributed by atoms with van der Waals surface area (Å²) in [5.41, 5.74) is 1.03. The van der Waals surface area contributed by atoms with Gasteiger partial charge in [-0.3, -0.25) is 4.79 Å². The van der Waals surface area contributed by atoms with Gasteiger partial charge in [0.05, 0.1) is 12.0 Å². The Labute approximate surface area is 141 Å². The van der Waals surface area contributed by atoms with E-state index in [9.17, 15) is 13.2 Å². The van der Waals surface area contributed by atoms with E-state index in [0.717, 1.165) is 12.0 Å². The van der Waals surface area contributed by atoms with E-state index in [4.69, 9.17) is 9.47 Å². The molecule has 1 N–H and O–H groups in total. The van der Waals surface area contributed by atoms with Crippen molar-refractivity contribution >= 4 is 16.0 Å². The summed E-state index contributed by atoms with van der Waals surface area (Å²) in [5, 5.41) is 0. The van der Waals surface area contributed by atoms with Crippen molar-refractivity contribution in [3.8, 4) is 11.5 Å². The largest absolute Gasteiger partial charge is 0.497 e. The maximum Gasteiger partial charge on any atom is 0.326 e. The zero-order valence-corrected chi connectivity index (χ0v) is 14.3. The van der Waals surface area contributed by atoms with Gasteiger partial charge in [0.1, 0.15) is 18.0 Å². The second-order valence-electron chi connectivity index (χ2n) is 4.98. The van der Waals surface area contributed by atoms with Crippen molar-refractivity contribution < 1.29 is 22.7 Å². The van der Waals surface area contributed by atoms with Crippen LogP contribution in [-0.4, -0.2) is 28.0 Å². The summed E-state index contributed by atoms with van der Waals surface area (Å²) in [6.07, 6.45) is 0.815. The van der Waals surface area contributed by atoms with Crippen LogP contribution in [0.4, 0.5) is 0 Å². The summed E-state index contributed by atoms with van der Waals surface area (Å²) >= 11 is 0. The van der Waals surface area contributed by atoms with Gasteiger partial charge in [0, 0.05) is 0 Å². The van der Waals surface area contributed by atoms with Crippen molar-refractivity contribution in [2.45, 2.75) is 18.2 Å². The standard InChI is InChI=1S/C17H19NO5S/c1-3-13-5-4-6-15(11-13)23-17(19)12-18-24(20,21)16-9-7-14(22-2)8-10-16/h4-11,18H,3,12H2,1-2H3. The van der Waals surface area contributed by atoms with E-state index < -0.39 is 22.5 Å². The maximum atomic E-state index is 12.1. The molecule has 6 nitrogen and oxygen atoms in total.